The molecular weight excluding hydrogens is 284 g/mol. The van der Waals surface area contributed by atoms with Gasteiger partial charge in [-0.05, 0) is 32.1 Å². The molecule has 0 aromatic rings. The Labute approximate surface area is 119 Å². The third-order valence-corrected chi connectivity index (χ3v) is 5.87. The van der Waals surface area contributed by atoms with Crippen LogP contribution in [0, 0.1) is 5.92 Å². The molecule has 2 N–H and O–H groups in total. The van der Waals surface area contributed by atoms with Gasteiger partial charge in [-0.3, -0.25) is 4.79 Å². The average Bonchev–Trinajstić information content (AvgIpc) is 2.38. The molecule has 0 spiro atoms. The van der Waals surface area contributed by atoms with E-state index in [0.717, 1.165) is 19.3 Å². The Morgan fingerprint density at radius 1 is 1.45 bits per heavy atom. The standard InChI is InChI=1S/C12H22N2O5S/c1-19-12(5-3-6-12)9-13-20(17,18)14-7-2-4-10(8-14)11(15)16/h10,13H,2-9H2,1H3,(H,15,16). The van der Waals surface area contributed by atoms with Crippen molar-refractivity contribution in [2.75, 3.05) is 26.7 Å². The summed E-state index contributed by atoms with van der Waals surface area (Å²) >= 11 is 0. The van der Waals surface area contributed by atoms with E-state index >= 15 is 0 Å². The average molecular weight is 306 g/mol. The maximum Gasteiger partial charge on any atom is 0.307 e. The van der Waals surface area contributed by atoms with E-state index in [4.69, 9.17) is 9.84 Å². The van der Waals surface area contributed by atoms with Crippen LogP contribution >= 0.6 is 0 Å². The second kappa shape index (κ2) is 5.97. The molecule has 0 aromatic carbocycles. The molecule has 1 aliphatic carbocycles. The monoisotopic (exact) mass is 306 g/mol. The van der Waals surface area contributed by atoms with Crippen LogP contribution < -0.4 is 4.72 Å². The first kappa shape index (κ1) is 15.7. The van der Waals surface area contributed by atoms with Crippen LogP contribution in [0.15, 0.2) is 0 Å². The van der Waals surface area contributed by atoms with E-state index in [2.05, 4.69) is 4.72 Å². The third kappa shape index (κ3) is 3.30. The number of carboxylic acids is 1. The van der Waals surface area contributed by atoms with Crippen molar-refractivity contribution in [3.63, 3.8) is 0 Å². The molecule has 2 rings (SSSR count). The smallest absolute Gasteiger partial charge is 0.307 e. The number of hydrogen-bond donors (Lipinski definition) is 2. The number of ether oxygens (including phenoxy) is 1. The van der Waals surface area contributed by atoms with E-state index in [9.17, 15) is 13.2 Å². The summed E-state index contributed by atoms with van der Waals surface area (Å²) in [7, 11) is -2.04. The van der Waals surface area contributed by atoms with Gasteiger partial charge < -0.3 is 9.84 Å². The fourth-order valence-corrected chi connectivity index (χ4v) is 4.07. The molecule has 7 nitrogen and oxygen atoms in total. The molecule has 0 aromatic heterocycles. The summed E-state index contributed by atoms with van der Waals surface area (Å²) in [4.78, 5) is 11.0. The number of piperidine rings is 1. The fraction of sp³-hybridized carbons (Fsp3) is 0.917. The predicted molar refractivity (Wildman–Crippen MR) is 72.4 cm³/mol. The number of rotatable bonds is 6. The minimum absolute atomic E-state index is 0.0463. The van der Waals surface area contributed by atoms with Gasteiger partial charge in [0.1, 0.15) is 0 Å². The molecule has 2 aliphatic rings. The Morgan fingerprint density at radius 2 is 2.15 bits per heavy atom. The molecule has 1 aliphatic heterocycles. The highest BCUT2D eigenvalue weighted by Crippen LogP contribution is 2.34. The Morgan fingerprint density at radius 3 is 2.65 bits per heavy atom. The quantitative estimate of drug-likeness (QED) is 0.730. The first-order valence-corrected chi connectivity index (χ1v) is 8.35. The zero-order valence-corrected chi connectivity index (χ0v) is 12.5. The number of hydrogen-bond acceptors (Lipinski definition) is 4. The highest BCUT2D eigenvalue weighted by molar-refractivity contribution is 7.87. The Balaban J connectivity index is 1.94. The van der Waals surface area contributed by atoms with Crippen LogP contribution in [0.4, 0.5) is 0 Å². The van der Waals surface area contributed by atoms with Crippen molar-refractivity contribution in [1.29, 1.82) is 0 Å². The number of carboxylic acid groups (broad SMARTS) is 1. The molecule has 20 heavy (non-hydrogen) atoms. The van der Waals surface area contributed by atoms with Gasteiger partial charge in [0.25, 0.3) is 10.2 Å². The highest BCUT2D eigenvalue weighted by atomic mass is 32.2. The van der Waals surface area contributed by atoms with Crippen molar-refractivity contribution >= 4 is 16.2 Å². The third-order valence-electron chi connectivity index (χ3n) is 4.35. The van der Waals surface area contributed by atoms with E-state index in [0.29, 0.717) is 19.4 Å². The summed E-state index contributed by atoms with van der Waals surface area (Å²) in [6.07, 6.45) is 3.85. The number of methoxy groups -OCH3 is 1. The second-order valence-electron chi connectivity index (χ2n) is 5.60. The normalized spacial score (nSPS) is 26.9. The number of carbonyl (C=O) groups is 1. The fourth-order valence-electron chi connectivity index (χ4n) is 2.70. The van der Waals surface area contributed by atoms with Crippen LogP contribution in [0.25, 0.3) is 0 Å². The lowest BCUT2D eigenvalue weighted by Crippen LogP contribution is -2.54. The molecule has 116 valence electrons. The van der Waals surface area contributed by atoms with E-state index in [-0.39, 0.29) is 18.7 Å². The summed E-state index contributed by atoms with van der Waals surface area (Å²) in [5, 5.41) is 9.00. The van der Waals surface area contributed by atoms with Gasteiger partial charge in [0.05, 0.1) is 11.5 Å². The lowest BCUT2D eigenvalue weighted by atomic mass is 9.80. The molecule has 0 radical (unpaired) electrons. The second-order valence-corrected chi connectivity index (χ2v) is 7.36. The molecule has 8 heteroatoms. The molecule has 0 amide bonds. The van der Waals surface area contributed by atoms with Crippen LogP contribution in [0.1, 0.15) is 32.1 Å². The van der Waals surface area contributed by atoms with Crippen LogP contribution in [0.2, 0.25) is 0 Å². The van der Waals surface area contributed by atoms with Gasteiger partial charge in [-0.25, -0.2) is 0 Å². The molecular formula is C12H22N2O5S. The maximum atomic E-state index is 12.2. The molecule has 1 unspecified atom stereocenters. The van der Waals surface area contributed by atoms with Gasteiger partial charge in [0, 0.05) is 26.7 Å². The summed E-state index contributed by atoms with van der Waals surface area (Å²) in [5.74, 6) is -1.54. The van der Waals surface area contributed by atoms with Gasteiger partial charge in [0.15, 0.2) is 0 Å². The summed E-state index contributed by atoms with van der Waals surface area (Å²) in [6.45, 7) is 0.670. The van der Waals surface area contributed by atoms with Crippen LogP contribution in [-0.4, -0.2) is 56.1 Å². The van der Waals surface area contributed by atoms with Crippen molar-refractivity contribution in [3.8, 4) is 0 Å². The van der Waals surface area contributed by atoms with Crippen molar-refractivity contribution < 1.29 is 23.1 Å². The van der Waals surface area contributed by atoms with E-state index < -0.39 is 22.1 Å². The zero-order chi connectivity index (χ0) is 14.8. The summed E-state index contributed by atoms with van der Waals surface area (Å²) in [6, 6.07) is 0. The first-order chi connectivity index (χ1) is 9.38. The molecule has 1 saturated carbocycles. The highest BCUT2D eigenvalue weighted by Gasteiger charge is 2.39. The van der Waals surface area contributed by atoms with Gasteiger partial charge in [-0.1, -0.05) is 0 Å². The van der Waals surface area contributed by atoms with Gasteiger partial charge in [0.2, 0.25) is 0 Å². The van der Waals surface area contributed by atoms with Crippen LogP contribution in [0.5, 0.6) is 0 Å². The Kier molecular flexibility index (Phi) is 4.68. The molecule has 1 saturated heterocycles. The topological polar surface area (TPSA) is 95.9 Å². The lowest BCUT2D eigenvalue weighted by Gasteiger charge is -2.41. The largest absolute Gasteiger partial charge is 0.481 e. The number of aliphatic carboxylic acids is 1. The van der Waals surface area contributed by atoms with Crippen LogP contribution in [-0.2, 0) is 19.7 Å². The van der Waals surface area contributed by atoms with Crippen molar-refractivity contribution in [2.24, 2.45) is 5.92 Å². The maximum absolute atomic E-state index is 12.2. The SMILES string of the molecule is COC1(CNS(=O)(=O)N2CCCC(C(=O)O)C2)CCC1. The molecule has 0 bridgehead atoms. The molecule has 2 fully saturated rings. The Hall–Kier alpha value is -0.700. The number of nitrogens with one attached hydrogen (secondary N) is 1. The van der Waals surface area contributed by atoms with Crippen molar-refractivity contribution in [1.82, 2.24) is 9.03 Å². The zero-order valence-electron chi connectivity index (χ0n) is 11.7. The van der Waals surface area contributed by atoms with E-state index in [1.165, 1.54) is 4.31 Å². The summed E-state index contributed by atoms with van der Waals surface area (Å²) in [5.41, 5.74) is -0.380. The minimum Gasteiger partial charge on any atom is -0.481 e. The minimum atomic E-state index is -3.63. The van der Waals surface area contributed by atoms with Crippen molar-refractivity contribution in [2.45, 2.75) is 37.7 Å². The first-order valence-electron chi connectivity index (χ1n) is 6.91. The van der Waals surface area contributed by atoms with Gasteiger partial charge in [-0.15, -0.1) is 0 Å². The van der Waals surface area contributed by atoms with E-state index in [1.54, 1.807) is 7.11 Å². The van der Waals surface area contributed by atoms with Gasteiger partial charge >= 0.3 is 5.97 Å². The summed E-state index contributed by atoms with van der Waals surface area (Å²) < 4.78 is 33.6. The lowest BCUT2D eigenvalue weighted by molar-refractivity contribution is -0.142. The van der Waals surface area contributed by atoms with E-state index in [1.807, 2.05) is 0 Å². The number of nitrogens with zero attached hydrogens (tertiary/aromatic N) is 1. The molecule has 1 atom stereocenters. The van der Waals surface area contributed by atoms with Crippen molar-refractivity contribution in [3.05, 3.63) is 0 Å². The van der Waals surface area contributed by atoms with Crippen LogP contribution in [0.3, 0.4) is 0 Å². The molecule has 1 heterocycles. The van der Waals surface area contributed by atoms with Gasteiger partial charge in [-0.2, -0.15) is 17.4 Å². The predicted octanol–water partition coefficient (Wildman–Crippen LogP) is 0.187. The Bertz CT molecular complexity index is 455.